The van der Waals surface area contributed by atoms with Gasteiger partial charge in [-0.2, -0.15) is 0 Å². The van der Waals surface area contributed by atoms with Crippen LogP contribution in [0, 0.1) is 34.6 Å². The monoisotopic (exact) mass is 442 g/mol. The van der Waals surface area contributed by atoms with Crippen LogP contribution in [0.1, 0.15) is 55.8 Å². The molecule has 0 fully saturated rings. The third-order valence-corrected chi connectivity index (χ3v) is 4.93. The van der Waals surface area contributed by atoms with Crippen LogP contribution in [0.4, 0.5) is 0 Å². The molecule has 4 rings (SSSR count). The fourth-order valence-corrected chi connectivity index (χ4v) is 2.94. The lowest BCUT2D eigenvalue weighted by Gasteiger charge is -2.07. The lowest BCUT2D eigenvalue weighted by Crippen LogP contribution is -1.94. The molecule has 0 bridgehead atoms. The molecular formula is C29H38N4. The molecule has 0 aliphatic rings. The number of nitrogens with zero attached hydrogens (tertiary/aromatic N) is 4. The van der Waals surface area contributed by atoms with Crippen LogP contribution < -0.4 is 0 Å². The van der Waals surface area contributed by atoms with Crippen molar-refractivity contribution < 1.29 is 0 Å². The van der Waals surface area contributed by atoms with Gasteiger partial charge < -0.3 is 0 Å². The molecule has 0 spiro atoms. The predicted molar refractivity (Wildman–Crippen MR) is 141 cm³/mol. The molecule has 0 aliphatic carbocycles. The number of hydrogen-bond donors (Lipinski definition) is 0. The normalized spacial score (nSPS) is 9.36. The molecule has 0 saturated heterocycles. The van der Waals surface area contributed by atoms with Crippen LogP contribution in [-0.2, 0) is 0 Å². The lowest BCUT2D eigenvalue weighted by atomic mass is 10.1. The second-order valence-corrected chi connectivity index (χ2v) is 7.13. The number of aromatic nitrogens is 4. The van der Waals surface area contributed by atoms with Crippen molar-refractivity contribution in [3.63, 3.8) is 0 Å². The van der Waals surface area contributed by atoms with Crippen molar-refractivity contribution in [1.29, 1.82) is 0 Å². The average Bonchev–Trinajstić information content (AvgIpc) is 2.87. The molecule has 4 nitrogen and oxygen atoms in total. The van der Waals surface area contributed by atoms with Gasteiger partial charge in [-0.25, -0.2) is 0 Å². The second-order valence-electron chi connectivity index (χ2n) is 7.13. The first-order valence-electron chi connectivity index (χ1n) is 11.7. The Balaban J connectivity index is 0.000000288. The minimum Gasteiger partial charge on any atom is -0.264 e. The van der Waals surface area contributed by atoms with Crippen LogP contribution in [0.15, 0.2) is 67.3 Å². The summed E-state index contributed by atoms with van der Waals surface area (Å²) in [6.45, 7) is 18.3. The van der Waals surface area contributed by atoms with E-state index in [9.17, 15) is 0 Å². The van der Waals surface area contributed by atoms with Gasteiger partial charge >= 0.3 is 0 Å². The zero-order chi connectivity index (χ0) is 24.8. The molecule has 4 heteroatoms. The Hall–Kier alpha value is -3.40. The SMILES string of the molecule is CC.CC.Cc1cc(-c2cccnc2)nc(C)c1C.Cc1ccc(-c2cccnc2C)nc1. The van der Waals surface area contributed by atoms with Crippen LogP contribution in [0.5, 0.6) is 0 Å². The number of pyridine rings is 4. The molecule has 0 aromatic carbocycles. The summed E-state index contributed by atoms with van der Waals surface area (Å²) in [5.74, 6) is 0. The molecule has 4 aromatic heterocycles. The molecule has 0 amide bonds. The summed E-state index contributed by atoms with van der Waals surface area (Å²) >= 11 is 0. The Morgan fingerprint density at radius 2 is 1.33 bits per heavy atom. The molecular weight excluding hydrogens is 404 g/mol. The molecule has 0 unspecified atom stereocenters. The molecule has 0 N–H and O–H groups in total. The highest BCUT2D eigenvalue weighted by molar-refractivity contribution is 5.61. The van der Waals surface area contributed by atoms with Crippen LogP contribution in [0.3, 0.4) is 0 Å². The Morgan fingerprint density at radius 1 is 0.636 bits per heavy atom. The fraction of sp³-hybridized carbons (Fsp3) is 0.310. The van der Waals surface area contributed by atoms with Gasteiger partial charge in [0, 0.05) is 47.3 Å². The van der Waals surface area contributed by atoms with Gasteiger partial charge in [-0.05, 0) is 87.7 Å². The van der Waals surface area contributed by atoms with Gasteiger partial charge in [0.15, 0.2) is 0 Å². The van der Waals surface area contributed by atoms with Crippen molar-refractivity contribution in [1.82, 2.24) is 19.9 Å². The average molecular weight is 443 g/mol. The molecule has 0 aliphatic heterocycles. The second kappa shape index (κ2) is 14.6. The quantitative estimate of drug-likeness (QED) is 0.317. The maximum absolute atomic E-state index is 4.56. The zero-order valence-corrected chi connectivity index (χ0v) is 21.6. The van der Waals surface area contributed by atoms with Crippen LogP contribution in [-0.4, -0.2) is 19.9 Å². The van der Waals surface area contributed by atoms with E-state index in [0.29, 0.717) is 0 Å². The molecule has 33 heavy (non-hydrogen) atoms. The molecule has 0 saturated carbocycles. The Labute approximate surface area is 200 Å². The first kappa shape index (κ1) is 27.6. The van der Waals surface area contributed by atoms with Gasteiger partial charge in [-0.1, -0.05) is 33.8 Å². The summed E-state index contributed by atoms with van der Waals surface area (Å²) in [5, 5.41) is 0. The van der Waals surface area contributed by atoms with Gasteiger partial charge in [0.2, 0.25) is 0 Å². The minimum atomic E-state index is 0.987. The third kappa shape index (κ3) is 8.23. The van der Waals surface area contributed by atoms with E-state index in [1.165, 1.54) is 16.7 Å². The van der Waals surface area contributed by atoms with Gasteiger partial charge in [0.05, 0.1) is 11.4 Å². The fourth-order valence-electron chi connectivity index (χ4n) is 2.94. The predicted octanol–water partition coefficient (Wildman–Crippen LogP) is 7.88. The van der Waals surface area contributed by atoms with Crippen molar-refractivity contribution in [2.45, 2.75) is 62.3 Å². The van der Waals surface area contributed by atoms with Crippen LogP contribution >= 0.6 is 0 Å². The summed E-state index contributed by atoms with van der Waals surface area (Å²) in [5.41, 5.74) is 10.00. The zero-order valence-electron chi connectivity index (χ0n) is 21.6. The van der Waals surface area contributed by atoms with E-state index in [4.69, 9.17) is 0 Å². The molecule has 0 radical (unpaired) electrons. The number of aryl methyl sites for hydroxylation is 4. The number of hydrogen-bond acceptors (Lipinski definition) is 4. The van der Waals surface area contributed by atoms with Crippen LogP contribution in [0.25, 0.3) is 22.5 Å². The van der Waals surface area contributed by atoms with E-state index in [1.54, 1.807) is 12.4 Å². The summed E-state index contributed by atoms with van der Waals surface area (Å²) < 4.78 is 0. The lowest BCUT2D eigenvalue weighted by molar-refractivity contribution is 1.12. The summed E-state index contributed by atoms with van der Waals surface area (Å²) in [7, 11) is 0. The smallest absolute Gasteiger partial charge is 0.0723 e. The van der Waals surface area contributed by atoms with Gasteiger partial charge in [-0.15, -0.1) is 0 Å². The Morgan fingerprint density at radius 3 is 1.88 bits per heavy atom. The maximum atomic E-state index is 4.56. The summed E-state index contributed by atoms with van der Waals surface area (Å²) in [6, 6.07) is 14.1. The van der Waals surface area contributed by atoms with Gasteiger partial charge in [0.25, 0.3) is 0 Å². The van der Waals surface area contributed by atoms with E-state index in [1.807, 2.05) is 91.2 Å². The van der Waals surface area contributed by atoms with E-state index >= 15 is 0 Å². The first-order chi connectivity index (χ1) is 16.0. The molecule has 0 atom stereocenters. The standard InChI is InChI=1S/C13H14N2.C12H12N2.2C2H6/c1-9-7-13(15-11(3)10(9)2)12-5-4-6-14-8-12;1-9-5-6-12(14-8-9)11-4-3-7-13-10(11)2;2*1-2/h4-8H,1-3H3;3-8H,1-2H3;2*1-2H3. The first-order valence-corrected chi connectivity index (χ1v) is 11.7. The summed E-state index contributed by atoms with van der Waals surface area (Å²) in [4.78, 5) is 17.3. The highest BCUT2D eigenvalue weighted by Crippen LogP contribution is 2.20. The number of rotatable bonds is 2. The molecule has 4 aromatic rings. The highest BCUT2D eigenvalue weighted by atomic mass is 14.7. The van der Waals surface area contributed by atoms with Gasteiger partial charge in [-0.3, -0.25) is 19.9 Å². The Bertz CT molecular complexity index is 1070. The van der Waals surface area contributed by atoms with Crippen LogP contribution in [0.2, 0.25) is 0 Å². The van der Waals surface area contributed by atoms with Crippen molar-refractivity contribution in [2.75, 3.05) is 0 Å². The minimum absolute atomic E-state index is 0.987. The Kier molecular flexibility index (Phi) is 12.2. The van der Waals surface area contributed by atoms with Crippen molar-refractivity contribution >= 4 is 0 Å². The van der Waals surface area contributed by atoms with E-state index in [-0.39, 0.29) is 0 Å². The molecule has 174 valence electrons. The third-order valence-electron chi connectivity index (χ3n) is 4.93. The topological polar surface area (TPSA) is 51.6 Å². The largest absolute Gasteiger partial charge is 0.264 e. The maximum Gasteiger partial charge on any atom is 0.0723 e. The van der Waals surface area contributed by atoms with Gasteiger partial charge in [0.1, 0.15) is 0 Å². The van der Waals surface area contributed by atoms with Crippen molar-refractivity contribution in [3.8, 4) is 22.5 Å². The highest BCUT2D eigenvalue weighted by Gasteiger charge is 2.04. The van der Waals surface area contributed by atoms with Crippen molar-refractivity contribution in [2.24, 2.45) is 0 Å². The van der Waals surface area contributed by atoms with E-state index in [0.717, 1.165) is 33.9 Å². The van der Waals surface area contributed by atoms with E-state index < -0.39 is 0 Å². The summed E-state index contributed by atoms with van der Waals surface area (Å²) in [6.07, 6.45) is 7.29. The van der Waals surface area contributed by atoms with Crippen molar-refractivity contribution in [3.05, 3.63) is 95.3 Å². The molecule has 4 heterocycles. The van der Waals surface area contributed by atoms with E-state index in [2.05, 4.69) is 45.9 Å².